The zero-order valence-corrected chi connectivity index (χ0v) is 12.6. The molecule has 1 N–H and O–H groups in total. The number of aromatic nitrogens is 3. The van der Waals surface area contributed by atoms with Crippen molar-refractivity contribution in [1.82, 2.24) is 14.5 Å². The number of nitrogens with one attached hydrogen (secondary N) is 1. The largest absolute Gasteiger partial charge is 0.361 e. The van der Waals surface area contributed by atoms with Gasteiger partial charge in [0.25, 0.3) is 0 Å². The molecule has 4 nitrogen and oxygen atoms in total. The van der Waals surface area contributed by atoms with Crippen LogP contribution in [0.1, 0.15) is 29.0 Å². The van der Waals surface area contributed by atoms with Gasteiger partial charge in [0.05, 0.1) is 0 Å². The monoisotopic (exact) mass is 293 g/mol. The Morgan fingerprint density at radius 2 is 2.23 bits per heavy atom. The third-order valence-electron chi connectivity index (χ3n) is 3.80. The number of benzene rings is 1. The zero-order chi connectivity index (χ0) is 15.4. The van der Waals surface area contributed by atoms with E-state index in [9.17, 15) is 4.79 Å². The number of hydrogen-bond acceptors (Lipinski definition) is 2. The maximum atomic E-state index is 11.9. The molecule has 0 aliphatic rings. The lowest BCUT2D eigenvalue weighted by Gasteiger charge is -1.98. The van der Waals surface area contributed by atoms with E-state index in [4.69, 9.17) is 0 Å². The Balaban J connectivity index is 1.52. The molecule has 0 unspecified atom stereocenters. The highest BCUT2D eigenvalue weighted by atomic mass is 16.1. The minimum absolute atomic E-state index is 0.0420. The van der Waals surface area contributed by atoms with Crippen LogP contribution < -0.4 is 0 Å². The molecule has 0 bridgehead atoms. The number of imidazole rings is 1. The normalized spacial score (nSPS) is 11.5. The van der Waals surface area contributed by atoms with Gasteiger partial charge in [-0.25, -0.2) is 4.98 Å². The van der Waals surface area contributed by atoms with Crippen LogP contribution in [0.5, 0.6) is 0 Å². The van der Waals surface area contributed by atoms with Crippen LogP contribution in [0.15, 0.2) is 55.0 Å². The predicted octanol–water partition coefficient (Wildman–Crippen LogP) is 3.66. The molecule has 22 heavy (non-hydrogen) atoms. The summed E-state index contributed by atoms with van der Waals surface area (Å²) in [5.74, 6) is 0.437. The van der Waals surface area contributed by atoms with E-state index in [1.165, 1.54) is 16.5 Å². The van der Waals surface area contributed by atoms with Crippen LogP contribution >= 0.6 is 0 Å². The van der Waals surface area contributed by atoms with Gasteiger partial charge in [-0.2, -0.15) is 0 Å². The SMILES string of the molecule is Cn1ccnc1C(=O)/C=C/CCCc1c[nH]c2ccccc12. The molecular weight excluding hydrogens is 274 g/mol. The standard InChI is InChI=1S/C18H19N3O/c1-21-12-11-19-18(21)17(22)10-4-2-3-7-14-13-20-16-9-6-5-8-15(14)16/h4-6,8-13,20H,2-3,7H2,1H3/b10-4+. The second kappa shape index (κ2) is 6.43. The molecule has 0 saturated heterocycles. The predicted molar refractivity (Wildman–Crippen MR) is 87.9 cm³/mol. The van der Waals surface area contributed by atoms with Crippen molar-refractivity contribution in [2.45, 2.75) is 19.3 Å². The molecule has 112 valence electrons. The van der Waals surface area contributed by atoms with Crippen LogP contribution in [0.3, 0.4) is 0 Å². The molecule has 0 atom stereocenters. The lowest BCUT2D eigenvalue weighted by atomic mass is 10.1. The number of carbonyl (C=O) groups is 1. The fourth-order valence-electron chi connectivity index (χ4n) is 2.62. The number of aryl methyl sites for hydroxylation is 2. The highest BCUT2D eigenvalue weighted by Gasteiger charge is 2.06. The maximum absolute atomic E-state index is 11.9. The first-order chi connectivity index (χ1) is 10.8. The summed E-state index contributed by atoms with van der Waals surface area (Å²) >= 11 is 0. The van der Waals surface area contributed by atoms with Gasteiger partial charge in [-0.05, 0) is 37.0 Å². The van der Waals surface area contributed by atoms with E-state index in [0.717, 1.165) is 19.3 Å². The summed E-state index contributed by atoms with van der Waals surface area (Å²) in [7, 11) is 1.82. The summed E-state index contributed by atoms with van der Waals surface area (Å²) in [6.45, 7) is 0. The van der Waals surface area contributed by atoms with Gasteiger partial charge in [-0.1, -0.05) is 24.3 Å². The van der Waals surface area contributed by atoms with Gasteiger partial charge in [0, 0.05) is 36.5 Å². The number of carbonyl (C=O) groups excluding carboxylic acids is 1. The van der Waals surface area contributed by atoms with Gasteiger partial charge >= 0.3 is 0 Å². The van der Waals surface area contributed by atoms with Gasteiger partial charge in [-0.15, -0.1) is 0 Å². The Morgan fingerprint density at radius 3 is 3.05 bits per heavy atom. The smallest absolute Gasteiger partial charge is 0.220 e. The van der Waals surface area contributed by atoms with Crippen molar-refractivity contribution >= 4 is 16.7 Å². The van der Waals surface area contributed by atoms with Crippen molar-refractivity contribution in [3.63, 3.8) is 0 Å². The number of nitrogens with zero attached hydrogens (tertiary/aromatic N) is 2. The molecule has 0 aliphatic carbocycles. The minimum Gasteiger partial charge on any atom is -0.361 e. The molecule has 0 spiro atoms. The Bertz CT molecular complexity index is 810. The number of para-hydroxylation sites is 1. The molecule has 2 heterocycles. The lowest BCUT2D eigenvalue weighted by molar-refractivity contribution is 0.103. The van der Waals surface area contributed by atoms with Gasteiger partial charge in [-0.3, -0.25) is 4.79 Å². The van der Waals surface area contributed by atoms with Crippen molar-refractivity contribution in [2.75, 3.05) is 0 Å². The third kappa shape index (κ3) is 3.01. The summed E-state index contributed by atoms with van der Waals surface area (Å²) in [6, 6.07) is 8.32. The highest BCUT2D eigenvalue weighted by molar-refractivity contribution is 6.01. The van der Waals surface area contributed by atoms with Gasteiger partial charge in [0.15, 0.2) is 5.82 Å². The van der Waals surface area contributed by atoms with Crippen LogP contribution in [-0.4, -0.2) is 20.3 Å². The summed E-state index contributed by atoms with van der Waals surface area (Å²) in [6.07, 6.45) is 12.0. The van der Waals surface area contributed by atoms with E-state index in [1.54, 1.807) is 23.0 Å². The number of fused-ring (bicyclic) bond motifs is 1. The summed E-state index contributed by atoms with van der Waals surface area (Å²) in [5.41, 5.74) is 2.51. The summed E-state index contributed by atoms with van der Waals surface area (Å²) in [4.78, 5) is 19.3. The van der Waals surface area contributed by atoms with Gasteiger partial charge < -0.3 is 9.55 Å². The molecule has 2 aromatic heterocycles. The first-order valence-corrected chi connectivity index (χ1v) is 7.49. The Morgan fingerprint density at radius 1 is 1.36 bits per heavy atom. The maximum Gasteiger partial charge on any atom is 0.220 e. The van der Waals surface area contributed by atoms with E-state index in [1.807, 2.05) is 19.2 Å². The number of allylic oxidation sites excluding steroid dienone is 2. The number of hydrogen-bond donors (Lipinski definition) is 1. The topological polar surface area (TPSA) is 50.7 Å². The Hall–Kier alpha value is -2.62. The number of rotatable bonds is 6. The molecule has 3 aromatic rings. The average Bonchev–Trinajstić information content (AvgIpc) is 3.13. The summed E-state index contributed by atoms with van der Waals surface area (Å²) < 4.78 is 1.73. The molecule has 0 saturated carbocycles. The average molecular weight is 293 g/mol. The van der Waals surface area contributed by atoms with Crippen molar-refractivity contribution in [3.05, 3.63) is 66.4 Å². The molecule has 0 amide bonds. The van der Waals surface area contributed by atoms with E-state index in [2.05, 4.69) is 34.4 Å². The number of aromatic amines is 1. The molecule has 3 rings (SSSR count). The second-order valence-electron chi connectivity index (χ2n) is 5.38. The fraction of sp³-hybridized carbons (Fsp3) is 0.222. The van der Waals surface area contributed by atoms with Gasteiger partial charge in [0.2, 0.25) is 5.78 Å². The molecule has 0 aliphatic heterocycles. The third-order valence-corrected chi connectivity index (χ3v) is 3.80. The second-order valence-corrected chi connectivity index (χ2v) is 5.38. The van der Waals surface area contributed by atoms with E-state index < -0.39 is 0 Å². The van der Waals surface area contributed by atoms with Crippen molar-refractivity contribution in [3.8, 4) is 0 Å². The van der Waals surface area contributed by atoms with Crippen molar-refractivity contribution in [1.29, 1.82) is 0 Å². The number of ketones is 1. The van der Waals surface area contributed by atoms with Crippen molar-refractivity contribution < 1.29 is 4.79 Å². The first kappa shape index (κ1) is 14.3. The van der Waals surface area contributed by atoms with E-state index in [-0.39, 0.29) is 5.78 Å². The summed E-state index contributed by atoms with van der Waals surface area (Å²) in [5, 5.41) is 1.29. The highest BCUT2D eigenvalue weighted by Crippen LogP contribution is 2.19. The fourth-order valence-corrected chi connectivity index (χ4v) is 2.62. The van der Waals surface area contributed by atoms with E-state index in [0.29, 0.717) is 5.82 Å². The molecule has 4 heteroatoms. The molecular formula is C18H19N3O. The Kier molecular flexibility index (Phi) is 4.19. The number of H-pyrrole nitrogens is 1. The van der Waals surface area contributed by atoms with Crippen LogP contribution in [0, 0.1) is 0 Å². The number of unbranched alkanes of at least 4 members (excludes halogenated alkanes) is 1. The minimum atomic E-state index is -0.0420. The zero-order valence-electron chi connectivity index (χ0n) is 12.6. The van der Waals surface area contributed by atoms with Crippen molar-refractivity contribution in [2.24, 2.45) is 7.05 Å². The van der Waals surface area contributed by atoms with Gasteiger partial charge in [0.1, 0.15) is 0 Å². The first-order valence-electron chi connectivity index (χ1n) is 7.49. The van der Waals surface area contributed by atoms with Crippen LogP contribution in [0.2, 0.25) is 0 Å². The van der Waals surface area contributed by atoms with E-state index >= 15 is 0 Å². The molecule has 0 radical (unpaired) electrons. The quantitative estimate of drug-likeness (QED) is 0.428. The van der Waals surface area contributed by atoms with Crippen LogP contribution in [0.25, 0.3) is 10.9 Å². The molecule has 1 aromatic carbocycles. The molecule has 0 fully saturated rings. The lowest BCUT2D eigenvalue weighted by Crippen LogP contribution is -2.03. The van der Waals surface area contributed by atoms with Crippen LogP contribution in [-0.2, 0) is 13.5 Å². The van der Waals surface area contributed by atoms with Crippen LogP contribution in [0.4, 0.5) is 0 Å². The Labute approximate surface area is 129 Å².